The Hall–Kier alpha value is -1.36. The minimum Gasteiger partial charge on any atom is -0.348 e. The topological polar surface area (TPSA) is 50.2 Å². The fourth-order valence-corrected chi connectivity index (χ4v) is 1.32. The van der Waals surface area contributed by atoms with Gasteiger partial charge in [-0.2, -0.15) is 5.10 Å². The number of carbonyl (C=O) groups is 1. The standard InChI is InChI=1S/C11H20N4O/c1-4-5-15-9-10(7-13-15)6-12-8-11(16)14(2)3/h7,9,12H,4-6,8H2,1-3H3. The van der Waals surface area contributed by atoms with Gasteiger partial charge in [-0.3, -0.25) is 9.48 Å². The van der Waals surface area contributed by atoms with Crippen LogP contribution in [0.1, 0.15) is 18.9 Å². The van der Waals surface area contributed by atoms with Crippen molar-refractivity contribution in [1.82, 2.24) is 20.0 Å². The molecule has 0 unspecified atom stereocenters. The molecule has 0 spiro atoms. The molecule has 1 N–H and O–H groups in total. The second kappa shape index (κ2) is 6.27. The van der Waals surface area contributed by atoms with Crippen molar-refractivity contribution in [2.75, 3.05) is 20.6 Å². The van der Waals surface area contributed by atoms with E-state index in [1.165, 1.54) is 0 Å². The van der Waals surface area contributed by atoms with E-state index in [2.05, 4.69) is 17.3 Å². The van der Waals surface area contributed by atoms with Crippen molar-refractivity contribution in [3.05, 3.63) is 18.0 Å². The number of likely N-dealkylation sites (N-methyl/N-ethyl adjacent to an activating group) is 1. The van der Waals surface area contributed by atoms with Crippen LogP contribution < -0.4 is 5.32 Å². The van der Waals surface area contributed by atoms with Gasteiger partial charge in [0.2, 0.25) is 5.91 Å². The van der Waals surface area contributed by atoms with Gasteiger partial charge in [0.15, 0.2) is 0 Å². The number of amides is 1. The Balaban J connectivity index is 2.29. The smallest absolute Gasteiger partial charge is 0.236 e. The summed E-state index contributed by atoms with van der Waals surface area (Å²) in [4.78, 5) is 12.9. The molecule has 0 aromatic carbocycles. The summed E-state index contributed by atoms with van der Waals surface area (Å²) >= 11 is 0. The summed E-state index contributed by atoms with van der Waals surface area (Å²) < 4.78 is 1.92. The number of hydrogen-bond acceptors (Lipinski definition) is 3. The third kappa shape index (κ3) is 4.02. The lowest BCUT2D eigenvalue weighted by Gasteiger charge is -2.10. The lowest BCUT2D eigenvalue weighted by atomic mass is 10.3. The maximum Gasteiger partial charge on any atom is 0.236 e. The molecule has 1 aromatic heterocycles. The van der Waals surface area contributed by atoms with Gasteiger partial charge in [0.25, 0.3) is 0 Å². The van der Waals surface area contributed by atoms with Gasteiger partial charge in [0, 0.05) is 38.9 Å². The van der Waals surface area contributed by atoms with Crippen molar-refractivity contribution in [3.63, 3.8) is 0 Å². The molecule has 0 radical (unpaired) electrons. The van der Waals surface area contributed by atoms with Gasteiger partial charge in [0.05, 0.1) is 12.7 Å². The zero-order valence-corrected chi connectivity index (χ0v) is 10.2. The average Bonchev–Trinajstić information content (AvgIpc) is 2.66. The van der Waals surface area contributed by atoms with E-state index in [9.17, 15) is 4.79 Å². The summed E-state index contributed by atoms with van der Waals surface area (Å²) in [7, 11) is 3.51. The zero-order valence-electron chi connectivity index (χ0n) is 10.2. The third-order valence-electron chi connectivity index (χ3n) is 2.24. The minimum atomic E-state index is 0.0842. The molecule has 1 rings (SSSR count). The number of aromatic nitrogens is 2. The SMILES string of the molecule is CCCn1cc(CNCC(=O)N(C)C)cn1. The summed E-state index contributed by atoms with van der Waals surface area (Å²) in [6, 6.07) is 0. The highest BCUT2D eigenvalue weighted by Crippen LogP contribution is 1.98. The van der Waals surface area contributed by atoms with Gasteiger partial charge < -0.3 is 10.2 Å². The first-order valence-electron chi connectivity index (χ1n) is 5.55. The Bertz CT molecular complexity index is 332. The molecule has 16 heavy (non-hydrogen) atoms. The molecule has 0 saturated heterocycles. The molecular weight excluding hydrogens is 204 g/mol. The first kappa shape index (κ1) is 12.7. The fraction of sp³-hybridized carbons (Fsp3) is 0.636. The van der Waals surface area contributed by atoms with Crippen LogP contribution >= 0.6 is 0 Å². The van der Waals surface area contributed by atoms with Gasteiger partial charge in [-0.05, 0) is 6.42 Å². The maximum atomic E-state index is 11.3. The average molecular weight is 224 g/mol. The summed E-state index contributed by atoms with van der Waals surface area (Å²) in [5.74, 6) is 0.0842. The predicted molar refractivity (Wildman–Crippen MR) is 62.9 cm³/mol. The summed E-state index contributed by atoms with van der Waals surface area (Å²) in [6.45, 7) is 4.11. The van der Waals surface area contributed by atoms with Crippen LogP contribution in [0.25, 0.3) is 0 Å². The highest BCUT2D eigenvalue weighted by Gasteiger charge is 2.03. The molecule has 0 atom stereocenters. The number of nitrogens with zero attached hydrogens (tertiary/aromatic N) is 3. The second-order valence-electron chi connectivity index (χ2n) is 4.00. The summed E-state index contributed by atoms with van der Waals surface area (Å²) in [6.07, 6.45) is 4.92. The molecule has 0 aliphatic rings. The third-order valence-corrected chi connectivity index (χ3v) is 2.24. The van der Waals surface area contributed by atoms with Gasteiger partial charge in [-0.25, -0.2) is 0 Å². The van der Waals surface area contributed by atoms with Gasteiger partial charge >= 0.3 is 0 Å². The molecule has 5 heteroatoms. The van der Waals surface area contributed by atoms with Crippen LogP contribution in [0.4, 0.5) is 0 Å². The van der Waals surface area contributed by atoms with Crippen molar-refractivity contribution in [1.29, 1.82) is 0 Å². The fourth-order valence-electron chi connectivity index (χ4n) is 1.32. The molecule has 1 heterocycles. The van der Waals surface area contributed by atoms with Gasteiger partial charge in [-0.15, -0.1) is 0 Å². The van der Waals surface area contributed by atoms with Gasteiger partial charge in [0.1, 0.15) is 0 Å². The number of aryl methyl sites for hydroxylation is 1. The van der Waals surface area contributed by atoms with Gasteiger partial charge in [-0.1, -0.05) is 6.92 Å². The molecule has 5 nitrogen and oxygen atoms in total. The first-order valence-corrected chi connectivity index (χ1v) is 5.55. The molecule has 0 saturated carbocycles. The highest BCUT2D eigenvalue weighted by atomic mass is 16.2. The van der Waals surface area contributed by atoms with Crippen molar-refractivity contribution in [2.45, 2.75) is 26.4 Å². The van der Waals surface area contributed by atoms with Crippen LogP contribution in [0.15, 0.2) is 12.4 Å². The molecule has 90 valence electrons. The van der Waals surface area contributed by atoms with Crippen LogP contribution in [0.3, 0.4) is 0 Å². The summed E-state index contributed by atoms with van der Waals surface area (Å²) in [5.41, 5.74) is 1.11. The Morgan fingerprint density at radius 2 is 2.31 bits per heavy atom. The van der Waals surface area contributed by atoms with E-state index in [0.29, 0.717) is 13.1 Å². The molecule has 1 amide bonds. The molecule has 0 aliphatic carbocycles. The minimum absolute atomic E-state index is 0.0842. The Morgan fingerprint density at radius 1 is 1.56 bits per heavy atom. The molecule has 1 aromatic rings. The monoisotopic (exact) mass is 224 g/mol. The van der Waals surface area contributed by atoms with E-state index in [0.717, 1.165) is 18.5 Å². The number of rotatable bonds is 6. The van der Waals surface area contributed by atoms with Crippen LogP contribution in [0, 0.1) is 0 Å². The molecule has 0 fully saturated rings. The van der Waals surface area contributed by atoms with Crippen LogP contribution in [0.2, 0.25) is 0 Å². The first-order chi connectivity index (χ1) is 7.63. The van der Waals surface area contributed by atoms with E-state index in [1.54, 1.807) is 19.0 Å². The Labute approximate surface area is 96.4 Å². The lowest BCUT2D eigenvalue weighted by molar-refractivity contribution is -0.127. The van der Waals surface area contributed by atoms with E-state index in [4.69, 9.17) is 0 Å². The quantitative estimate of drug-likeness (QED) is 0.764. The maximum absolute atomic E-state index is 11.3. The van der Waals surface area contributed by atoms with E-state index < -0.39 is 0 Å². The van der Waals surface area contributed by atoms with Crippen LogP contribution in [-0.2, 0) is 17.9 Å². The lowest BCUT2D eigenvalue weighted by Crippen LogP contribution is -2.32. The zero-order chi connectivity index (χ0) is 12.0. The van der Waals surface area contributed by atoms with Crippen LogP contribution in [0.5, 0.6) is 0 Å². The molecule has 0 bridgehead atoms. The van der Waals surface area contributed by atoms with E-state index in [1.807, 2.05) is 17.1 Å². The van der Waals surface area contributed by atoms with Crippen molar-refractivity contribution >= 4 is 5.91 Å². The van der Waals surface area contributed by atoms with E-state index in [-0.39, 0.29) is 5.91 Å². The highest BCUT2D eigenvalue weighted by molar-refractivity contribution is 5.77. The second-order valence-corrected chi connectivity index (χ2v) is 4.00. The predicted octanol–water partition coefficient (Wildman–Crippen LogP) is 0.471. The van der Waals surface area contributed by atoms with Crippen molar-refractivity contribution in [3.8, 4) is 0 Å². The van der Waals surface area contributed by atoms with Crippen molar-refractivity contribution < 1.29 is 4.79 Å². The van der Waals surface area contributed by atoms with Crippen LogP contribution in [-0.4, -0.2) is 41.2 Å². The summed E-state index contributed by atoms with van der Waals surface area (Å²) in [5, 5.41) is 7.31. The van der Waals surface area contributed by atoms with E-state index >= 15 is 0 Å². The Morgan fingerprint density at radius 3 is 2.94 bits per heavy atom. The molecular formula is C11H20N4O. The normalized spacial score (nSPS) is 10.4. The number of hydrogen-bond donors (Lipinski definition) is 1. The number of nitrogens with one attached hydrogen (secondary N) is 1. The Kier molecular flexibility index (Phi) is 4.98. The number of carbonyl (C=O) groups excluding carboxylic acids is 1. The van der Waals surface area contributed by atoms with Crippen molar-refractivity contribution in [2.24, 2.45) is 0 Å². The largest absolute Gasteiger partial charge is 0.348 e. The molecule has 0 aliphatic heterocycles.